The number of carbonyl (C=O) groups excluding carboxylic acids is 1. The Kier molecular flexibility index (Phi) is 9.94. The van der Waals surface area contributed by atoms with Crippen LogP contribution in [0.2, 0.25) is 0 Å². The highest BCUT2D eigenvalue weighted by molar-refractivity contribution is 6.08. The molecule has 0 saturated heterocycles. The molecule has 6 rings (SSSR count). The van der Waals surface area contributed by atoms with Crippen LogP contribution in [0.15, 0.2) is 60.7 Å². The van der Waals surface area contributed by atoms with Gasteiger partial charge in [0.25, 0.3) is 5.91 Å². The lowest BCUT2D eigenvalue weighted by Crippen LogP contribution is -2.40. The Hall–Kier alpha value is -4.92. The van der Waals surface area contributed by atoms with E-state index in [-0.39, 0.29) is 18.0 Å². The van der Waals surface area contributed by atoms with E-state index in [1.807, 2.05) is 61.5 Å². The zero-order chi connectivity index (χ0) is 33.8. The number of anilines is 2. The molecule has 0 spiro atoms. The molecule has 1 aliphatic rings. The summed E-state index contributed by atoms with van der Waals surface area (Å²) < 4.78 is 11.0. The molecule has 2 heterocycles. The summed E-state index contributed by atoms with van der Waals surface area (Å²) in [7, 11) is 7.25. The summed E-state index contributed by atoms with van der Waals surface area (Å²) in [5, 5.41) is 8.89. The molecule has 2 N–H and O–H groups in total. The average molecular weight is 647 g/mol. The number of methoxy groups -OCH3 is 2. The van der Waals surface area contributed by atoms with Gasteiger partial charge in [0.05, 0.1) is 36.5 Å². The van der Waals surface area contributed by atoms with Gasteiger partial charge in [-0.1, -0.05) is 31.5 Å². The third-order valence-corrected chi connectivity index (χ3v) is 9.31. The number of aryl methyl sites for hydroxylation is 2. The zero-order valence-electron chi connectivity index (χ0n) is 28.9. The van der Waals surface area contributed by atoms with Crippen LogP contribution in [-0.2, 0) is 6.42 Å². The van der Waals surface area contributed by atoms with E-state index in [0.717, 1.165) is 89.4 Å². The maximum atomic E-state index is 14.1. The summed E-state index contributed by atoms with van der Waals surface area (Å²) in [6.07, 6.45) is 6.73. The summed E-state index contributed by atoms with van der Waals surface area (Å²) >= 11 is 0. The predicted octanol–water partition coefficient (Wildman–Crippen LogP) is 7.73. The van der Waals surface area contributed by atoms with E-state index < -0.39 is 0 Å². The van der Waals surface area contributed by atoms with Crippen molar-refractivity contribution in [2.75, 3.05) is 38.5 Å². The molecule has 5 aromatic rings. The summed E-state index contributed by atoms with van der Waals surface area (Å²) in [6.45, 7) is 4.28. The highest BCUT2D eigenvalue weighted by Crippen LogP contribution is 2.35. The van der Waals surface area contributed by atoms with Gasteiger partial charge in [-0.15, -0.1) is 0 Å². The quantitative estimate of drug-likeness (QED) is 0.150. The summed E-state index contributed by atoms with van der Waals surface area (Å²) in [4.78, 5) is 30.9. The van der Waals surface area contributed by atoms with Crippen LogP contribution >= 0.6 is 0 Å². The minimum Gasteiger partial charge on any atom is -0.493 e. The van der Waals surface area contributed by atoms with Crippen molar-refractivity contribution < 1.29 is 14.3 Å². The SMILES string of the molecule is CCCCc1cc(C)c2nc(-c3ccc(OC)c(OC)c3)cc(C(=O)NC3CCC(Nc4nc(N(C)C)c5ccccc5n4)CC3)c2c1. The summed E-state index contributed by atoms with van der Waals surface area (Å²) in [5.74, 6) is 2.74. The van der Waals surface area contributed by atoms with Crippen molar-refractivity contribution in [2.24, 2.45) is 0 Å². The number of nitrogens with zero attached hydrogens (tertiary/aromatic N) is 4. The molecule has 0 atom stereocenters. The Labute approximate surface area is 283 Å². The van der Waals surface area contributed by atoms with Gasteiger partial charge in [-0.25, -0.2) is 9.97 Å². The van der Waals surface area contributed by atoms with Crippen LogP contribution in [0.1, 0.15) is 66.9 Å². The summed E-state index contributed by atoms with van der Waals surface area (Å²) in [5.41, 5.74) is 6.29. The molecular weight excluding hydrogens is 600 g/mol. The van der Waals surface area contributed by atoms with Gasteiger partial charge in [0.1, 0.15) is 5.82 Å². The van der Waals surface area contributed by atoms with E-state index in [9.17, 15) is 4.79 Å². The van der Waals surface area contributed by atoms with E-state index in [1.165, 1.54) is 5.56 Å². The Morgan fingerprint density at radius 2 is 1.62 bits per heavy atom. The number of ether oxygens (including phenoxy) is 2. The van der Waals surface area contributed by atoms with Gasteiger partial charge >= 0.3 is 0 Å². The highest BCUT2D eigenvalue weighted by atomic mass is 16.5. The molecular formula is C39H46N6O3. The van der Waals surface area contributed by atoms with Gasteiger partial charge in [-0.05, 0) is 99.0 Å². The van der Waals surface area contributed by atoms with Crippen LogP contribution in [0.5, 0.6) is 11.5 Å². The van der Waals surface area contributed by atoms with Crippen LogP contribution in [-0.4, -0.2) is 61.3 Å². The lowest BCUT2D eigenvalue weighted by atomic mass is 9.90. The van der Waals surface area contributed by atoms with E-state index >= 15 is 0 Å². The monoisotopic (exact) mass is 646 g/mol. The third-order valence-electron chi connectivity index (χ3n) is 9.31. The van der Waals surface area contributed by atoms with E-state index in [2.05, 4.69) is 42.7 Å². The van der Waals surface area contributed by atoms with Crippen LogP contribution in [0.3, 0.4) is 0 Å². The second kappa shape index (κ2) is 14.5. The second-order valence-corrected chi connectivity index (χ2v) is 13.0. The van der Waals surface area contributed by atoms with Crippen LogP contribution in [0, 0.1) is 6.92 Å². The average Bonchev–Trinajstić information content (AvgIpc) is 3.10. The van der Waals surface area contributed by atoms with Gasteiger partial charge in [0.15, 0.2) is 11.5 Å². The number of nitrogens with one attached hydrogen (secondary N) is 2. The Morgan fingerprint density at radius 1 is 0.875 bits per heavy atom. The number of fused-ring (bicyclic) bond motifs is 2. The molecule has 0 unspecified atom stereocenters. The molecule has 3 aromatic carbocycles. The first kappa shape index (κ1) is 33.0. The predicted molar refractivity (Wildman–Crippen MR) is 195 cm³/mol. The van der Waals surface area contributed by atoms with Crippen molar-refractivity contribution in [3.63, 3.8) is 0 Å². The molecule has 9 nitrogen and oxygen atoms in total. The molecule has 1 fully saturated rings. The van der Waals surface area contributed by atoms with Crippen LogP contribution < -0.4 is 25.0 Å². The standard InChI is InChI=1S/C39H46N6O3/c1-7-8-11-25-20-24(2)36-30(21-25)31(23-33(42-36)26-14-19-34(47-5)35(22-26)48-6)38(46)40-27-15-17-28(18-16-27)41-39-43-32-13-10-9-12-29(32)37(44-39)45(3)4/h9-10,12-14,19-23,27-28H,7-8,11,15-18H2,1-6H3,(H,40,46)(H,41,43,44). The fourth-order valence-corrected chi connectivity index (χ4v) is 6.72. The molecule has 0 aliphatic heterocycles. The Morgan fingerprint density at radius 3 is 2.35 bits per heavy atom. The topological polar surface area (TPSA) is 102 Å². The number of unbranched alkanes of at least 4 members (excludes halogenated alkanes) is 1. The normalized spacial score (nSPS) is 16.1. The maximum absolute atomic E-state index is 14.1. The molecule has 1 saturated carbocycles. The summed E-state index contributed by atoms with van der Waals surface area (Å²) in [6, 6.07) is 20.4. The number of pyridine rings is 1. The first-order valence-corrected chi connectivity index (χ1v) is 17.0. The molecule has 1 amide bonds. The van der Waals surface area contributed by atoms with Crippen molar-refractivity contribution in [3.8, 4) is 22.8 Å². The number of amides is 1. The number of rotatable bonds is 11. The van der Waals surface area contributed by atoms with Gasteiger partial charge in [-0.3, -0.25) is 4.79 Å². The van der Waals surface area contributed by atoms with Crippen LogP contribution in [0.4, 0.5) is 11.8 Å². The Bertz CT molecular complexity index is 1930. The van der Waals surface area contributed by atoms with Crippen molar-refractivity contribution in [1.29, 1.82) is 0 Å². The number of hydrogen-bond donors (Lipinski definition) is 2. The van der Waals surface area contributed by atoms with Gasteiger partial charge < -0.3 is 25.0 Å². The lowest BCUT2D eigenvalue weighted by Gasteiger charge is -2.30. The van der Waals surface area contributed by atoms with E-state index in [4.69, 9.17) is 24.4 Å². The number of benzene rings is 3. The number of carbonyl (C=O) groups is 1. The number of hydrogen-bond acceptors (Lipinski definition) is 8. The first-order chi connectivity index (χ1) is 23.3. The van der Waals surface area contributed by atoms with E-state index in [0.29, 0.717) is 23.0 Å². The van der Waals surface area contributed by atoms with Gasteiger partial charge in [-0.2, -0.15) is 4.98 Å². The van der Waals surface area contributed by atoms with Crippen LogP contribution in [0.25, 0.3) is 33.1 Å². The fourth-order valence-electron chi connectivity index (χ4n) is 6.72. The van der Waals surface area contributed by atoms with Crippen molar-refractivity contribution in [3.05, 3.63) is 77.4 Å². The van der Waals surface area contributed by atoms with Crippen molar-refractivity contribution in [1.82, 2.24) is 20.3 Å². The van der Waals surface area contributed by atoms with Crippen molar-refractivity contribution >= 4 is 39.5 Å². The van der Waals surface area contributed by atoms with Gasteiger partial charge in [0, 0.05) is 42.5 Å². The highest BCUT2D eigenvalue weighted by Gasteiger charge is 2.25. The molecule has 9 heteroatoms. The smallest absolute Gasteiger partial charge is 0.252 e. The molecule has 0 bridgehead atoms. The molecule has 250 valence electrons. The molecule has 2 aromatic heterocycles. The number of para-hydroxylation sites is 1. The first-order valence-electron chi connectivity index (χ1n) is 17.0. The zero-order valence-corrected chi connectivity index (χ0v) is 28.9. The minimum atomic E-state index is -0.0685. The molecule has 0 radical (unpaired) electrons. The van der Waals surface area contributed by atoms with E-state index in [1.54, 1.807) is 14.2 Å². The largest absolute Gasteiger partial charge is 0.493 e. The second-order valence-electron chi connectivity index (χ2n) is 13.0. The lowest BCUT2D eigenvalue weighted by molar-refractivity contribution is 0.0928. The molecule has 1 aliphatic carbocycles. The third kappa shape index (κ3) is 7.00. The van der Waals surface area contributed by atoms with Gasteiger partial charge in [0.2, 0.25) is 5.95 Å². The maximum Gasteiger partial charge on any atom is 0.252 e. The van der Waals surface area contributed by atoms with Crippen molar-refractivity contribution in [2.45, 2.75) is 70.9 Å². The Balaban J connectivity index is 1.23. The number of aromatic nitrogens is 3. The minimum absolute atomic E-state index is 0.0685. The fraction of sp³-hybridized carbons (Fsp3) is 0.385. The molecule has 48 heavy (non-hydrogen) atoms.